The molecule has 216 valence electrons. The van der Waals surface area contributed by atoms with Gasteiger partial charge in [0.15, 0.2) is 0 Å². The van der Waals surface area contributed by atoms with E-state index >= 15 is 0 Å². The van der Waals surface area contributed by atoms with Crippen LogP contribution in [-0.4, -0.2) is 49.7 Å². The molecule has 2 atom stereocenters. The fourth-order valence-corrected chi connectivity index (χ4v) is 6.39. The smallest absolute Gasteiger partial charge is 0.312 e. The summed E-state index contributed by atoms with van der Waals surface area (Å²) in [6.07, 6.45) is 1.31. The van der Waals surface area contributed by atoms with Crippen LogP contribution in [0.5, 0.6) is 5.75 Å². The Labute approximate surface area is 235 Å². The van der Waals surface area contributed by atoms with Gasteiger partial charge >= 0.3 is 5.97 Å². The quantitative estimate of drug-likeness (QED) is 0.261. The molecule has 2 aromatic carbocycles. The monoisotopic (exact) mass is 578 g/mol. The molecule has 3 N–H and O–H groups in total. The molecule has 0 radical (unpaired) electrons. The van der Waals surface area contributed by atoms with Gasteiger partial charge in [0.05, 0.1) is 18.1 Å². The van der Waals surface area contributed by atoms with E-state index in [1.54, 1.807) is 38.1 Å². The highest BCUT2D eigenvalue weighted by atomic mass is 32.2. The topological polar surface area (TPSA) is 119 Å². The van der Waals surface area contributed by atoms with Crippen LogP contribution < -0.4 is 10.5 Å². The van der Waals surface area contributed by atoms with Crippen LogP contribution in [-0.2, 0) is 26.1 Å². The molecule has 1 aliphatic rings. The van der Waals surface area contributed by atoms with Crippen LogP contribution >= 0.6 is 8.58 Å². The number of ether oxygens (including phenoxy) is 2. The lowest BCUT2D eigenvalue weighted by Gasteiger charge is -2.31. The number of benzene rings is 2. The third-order valence-corrected chi connectivity index (χ3v) is 9.64. The predicted octanol–water partition coefficient (Wildman–Crippen LogP) is 5.66. The standard InChI is InChI=1S/C27H37N2O6PS.C2H6/c1-5-14-36-18-22(28)17-35-25(27(3,4)26(30)31)20-11-10-19(2)21(15-20)16-29-12-13-34-23-8-6-7-9-24(23)37(29,32)33;1-2/h6-11,15,18,25,36H,5,12-14,16-17,28H2,1-4H3,(H,30,31);1-2H3/b22-18-;. The molecule has 0 fully saturated rings. The Bertz CT molecular complexity index is 1250. The number of sulfonamides is 1. The first-order valence-corrected chi connectivity index (χ1v) is 16.0. The highest BCUT2D eigenvalue weighted by Crippen LogP contribution is 2.38. The first kappa shape index (κ1) is 32.8. The first-order valence-electron chi connectivity index (χ1n) is 13.3. The number of nitrogens with two attached hydrogens (primary N) is 1. The molecule has 2 aromatic rings. The summed E-state index contributed by atoms with van der Waals surface area (Å²) in [6, 6.07) is 12.2. The van der Waals surface area contributed by atoms with E-state index in [4.69, 9.17) is 15.2 Å². The van der Waals surface area contributed by atoms with Crippen LogP contribution in [0.1, 0.15) is 63.8 Å². The molecule has 10 heteroatoms. The average molecular weight is 579 g/mol. The lowest BCUT2D eigenvalue weighted by Crippen LogP contribution is -2.34. The lowest BCUT2D eigenvalue weighted by molar-refractivity contribution is -0.156. The zero-order valence-corrected chi connectivity index (χ0v) is 25.7. The Balaban J connectivity index is 0.00000260. The van der Waals surface area contributed by atoms with Crippen molar-refractivity contribution >= 4 is 24.6 Å². The summed E-state index contributed by atoms with van der Waals surface area (Å²) in [4.78, 5) is 12.3. The van der Waals surface area contributed by atoms with E-state index in [-0.39, 0.29) is 31.2 Å². The Hall–Kier alpha value is -2.45. The van der Waals surface area contributed by atoms with Crippen molar-refractivity contribution in [1.82, 2.24) is 4.31 Å². The van der Waals surface area contributed by atoms with E-state index in [1.165, 1.54) is 4.31 Å². The van der Waals surface area contributed by atoms with Gasteiger partial charge in [-0.2, -0.15) is 4.31 Å². The highest BCUT2D eigenvalue weighted by Gasteiger charge is 2.39. The zero-order valence-electron chi connectivity index (χ0n) is 23.9. The SMILES string of the molecule is CC.CCCP/C=C(\N)COC(c1ccc(C)c(CN2CCOc3ccccc3S2(=O)=O)c1)C(C)(C)C(=O)O. The Morgan fingerprint density at radius 3 is 2.62 bits per heavy atom. The van der Waals surface area contributed by atoms with Gasteiger partial charge in [0.1, 0.15) is 17.3 Å². The molecule has 1 aliphatic heterocycles. The van der Waals surface area contributed by atoms with Crippen molar-refractivity contribution < 1.29 is 27.8 Å². The third-order valence-electron chi connectivity index (χ3n) is 6.39. The summed E-state index contributed by atoms with van der Waals surface area (Å²) >= 11 is 0. The van der Waals surface area contributed by atoms with Gasteiger partial charge in [-0.05, 0) is 61.6 Å². The number of para-hydroxylation sites is 1. The van der Waals surface area contributed by atoms with Gasteiger partial charge in [-0.25, -0.2) is 8.42 Å². The van der Waals surface area contributed by atoms with Gasteiger partial charge in [0.25, 0.3) is 0 Å². The predicted molar refractivity (Wildman–Crippen MR) is 158 cm³/mol. The van der Waals surface area contributed by atoms with Crippen LogP contribution in [0, 0.1) is 12.3 Å². The van der Waals surface area contributed by atoms with Gasteiger partial charge < -0.3 is 20.3 Å². The fourth-order valence-electron chi connectivity index (χ4n) is 4.08. The Morgan fingerprint density at radius 2 is 1.95 bits per heavy atom. The summed E-state index contributed by atoms with van der Waals surface area (Å²) in [7, 11) is -3.19. The minimum atomic E-state index is -3.78. The molecule has 0 saturated carbocycles. The number of hydrogen-bond donors (Lipinski definition) is 2. The number of nitrogens with zero attached hydrogens (tertiary/aromatic N) is 1. The van der Waals surface area contributed by atoms with E-state index in [9.17, 15) is 18.3 Å². The average Bonchev–Trinajstić information content (AvgIpc) is 3.02. The second-order valence-electron chi connectivity index (χ2n) is 9.71. The highest BCUT2D eigenvalue weighted by molar-refractivity contribution is 7.89. The van der Waals surface area contributed by atoms with Gasteiger partial charge in [-0.15, -0.1) is 0 Å². The number of aliphatic carboxylic acids is 1. The van der Waals surface area contributed by atoms with E-state index < -0.39 is 27.5 Å². The van der Waals surface area contributed by atoms with E-state index in [1.807, 2.05) is 44.8 Å². The molecule has 0 amide bonds. The van der Waals surface area contributed by atoms with Crippen LogP contribution in [0.4, 0.5) is 0 Å². The largest absolute Gasteiger partial charge is 0.491 e. The molecule has 8 nitrogen and oxygen atoms in total. The number of aryl methyl sites for hydroxylation is 1. The molecule has 0 aliphatic carbocycles. The van der Waals surface area contributed by atoms with Crippen LogP contribution in [0.25, 0.3) is 0 Å². The van der Waals surface area contributed by atoms with Crippen molar-refractivity contribution in [1.29, 1.82) is 0 Å². The summed E-state index contributed by atoms with van der Waals surface area (Å²) in [6.45, 7) is 11.9. The van der Waals surface area contributed by atoms with Crippen molar-refractivity contribution in [3.63, 3.8) is 0 Å². The minimum Gasteiger partial charge on any atom is -0.491 e. The second-order valence-corrected chi connectivity index (χ2v) is 12.8. The van der Waals surface area contributed by atoms with E-state index in [2.05, 4.69) is 6.92 Å². The number of rotatable bonds is 11. The van der Waals surface area contributed by atoms with Crippen LogP contribution in [0.15, 0.2) is 58.9 Å². The number of carboxylic acid groups (broad SMARTS) is 1. The summed E-state index contributed by atoms with van der Waals surface area (Å²) in [5.41, 5.74) is 7.76. The fraction of sp³-hybridized carbons (Fsp3) is 0.483. The first-order chi connectivity index (χ1) is 18.5. The molecule has 0 aromatic heterocycles. The van der Waals surface area contributed by atoms with Gasteiger partial charge in [-0.3, -0.25) is 4.79 Å². The number of hydrogen-bond acceptors (Lipinski definition) is 6. The van der Waals surface area contributed by atoms with Crippen molar-refractivity contribution in [2.45, 2.75) is 65.5 Å². The number of carboxylic acids is 1. The lowest BCUT2D eigenvalue weighted by atomic mass is 9.81. The van der Waals surface area contributed by atoms with Crippen molar-refractivity contribution in [2.75, 3.05) is 25.9 Å². The van der Waals surface area contributed by atoms with Gasteiger partial charge in [0, 0.05) is 18.8 Å². The molecule has 39 heavy (non-hydrogen) atoms. The second kappa shape index (κ2) is 14.8. The Kier molecular flexibility index (Phi) is 12.4. The molecular formula is C29H43N2O6PS. The summed E-state index contributed by atoms with van der Waals surface area (Å²) < 4.78 is 40.0. The summed E-state index contributed by atoms with van der Waals surface area (Å²) in [5.74, 6) is 1.29. The van der Waals surface area contributed by atoms with Crippen LogP contribution in [0.3, 0.4) is 0 Å². The van der Waals surface area contributed by atoms with Crippen molar-refractivity contribution in [3.05, 3.63) is 70.7 Å². The third kappa shape index (κ3) is 8.27. The number of fused-ring (bicyclic) bond motifs is 1. The maximum absolute atomic E-state index is 13.4. The normalized spacial score (nSPS) is 16.5. The minimum absolute atomic E-state index is 0.107. The summed E-state index contributed by atoms with van der Waals surface area (Å²) in [5, 5.41) is 9.96. The molecular weight excluding hydrogens is 535 g/mol. The maximum atomic E-state index is 13.4. The Morgan fingerprint density at radius 1 is 1.26 bits per heavy atom. The van der Waals surface area contributed by atoms with E-state index in [0.29, 0.717) is 25.6 Å². The zero-order chi connectivity index (χ0) is 29.2. The van der Waals surface area contributed by atoms with Crippen LogP contribution in [0.2, 0.25) is 0 Å². The van der Waals surface area contributed by atoms with Crippen molar-refractivity contribution in [2.24, 2.45) is 11.1 Å². The molecule has 0 saturated heterocycles. The van der Waals surface area contributed by atoms with Gasteiger partial charge in [0.2, 0.25) is 10.0 Å². The molecule has 0 bridgehead atoms. The van der Waals surface area contributed by atoms with Crippen molar-refractivity contribution in [3.8, 4) is 5.75 Å². The molecule has 1 heterocycles. The van der Waals surface area contributed by atoms with Gasteiger partial charge in [-0.1, -0.05) is 66.1 Å². The maximum Gasteiger partial charge on any atom is 0.312 e. The molecule has 3 rings (SSSR count). The number of carbonyl (C=O) groups is 1. The van der Waals surface area contributed by atoms with E-state index in [0.717, 1.165) is 23.7 Å². The molecule has 0 spiro atoms. The molecule has 2 unspecified atom stereocenters.